The van der Waals surface area contributed by atoms with Crippen LogP contribution in [0.1, 0.15) is 0 Å². The van der Waals surface area contributed by atoms with Gasteiger partial charge in [-0.2, -0.15) is 4.98 Å². The lowest BCUT2D eigenvalue weighted by atomic mass is 10.0. The van der Waals surface area contributed by atoms with Gasteiger partial charge in [-0.15, -0.1) is 0 Å². The summed E-state index contributed by atoms with van der Waals surface area (Å²) in [4.78, 5) is 12.0. The number of aromatic amines is 1. The van der Waals surface area contributed by atoms with Gasteiger partial charge >= 0.3 is 0 Å². The summed E-state index contributed by atoms with van der Waals surface area (Å²) >= 11 is 6.48. The van der Waals surface area contributed by atoms with Crippen LogP contribution in [-0.4, -0.2) is 57.7 Å². The smallest absolute Gasteiger partial charge is 0.296 e. The maximum atomic E-state index is 14.1. The zero-order valence-electron chi connectivity index (χ0n) is 17.5. The first-order valence-corrected chi connectivity index (χ1v) is 11.0. The fourth-order valence-electron chi connectivity index (χ4n) is 4.37. The average Bonchev–Trinajstić information content (AvgIpc) is 3.52. The van der Waals surface area contributed by atoms with Crippen LogP contribution in [0, 0.1) is 11.6 Å². The fraction of sp³-hybridized carbons (Fsp3) is 0.250. The van der Waals surface area contributed by atoms with Crippen molar-refractivity contribution in [2.24, 2.45) is 0 Å². The summed E-state index contributed by atoms with van der Waals surface area (Å²) in [6.45, 7) is 0.488. The topological polar surface area (TPSA) is 89.5 Å². The summed E-state index contributed by atoms with van der Waals surface area (Å²) in [6, 6.07) is 12.1. The summed E-state index contributed by atoms with van der Waals surface area (Å²) in [7, 11) is 0. The van der Waals surface area contributed by atoms with Gasteiger partial charge in [-0.3, -0.25) is 0 Å². The molecule has 4 heterocycles. The fourth-order valence-corrected chi connectivity index (χ4v) is 4.63. The van der Waals surface area contributed by atoms with E-state index >= 15 is 0 Å². The Balaban J connectivity index is 1.27. The summed E-state index contributed by atoms with van der Waals surface area (Å²) in [5.74, 6) is -1.02. The molecule has 0 aliphatic carbocycles. The number of ether oxygens (including phenoxy) is 3. The molecule has 0 radical (unpaired) electrons. The molecule has 2 fully saturated rings. The van der Waals surface area contributed by atoms with Crippen LogP contribution in [0.4, 0.5) is 8.78 Å². The second-order valence-corrected chi connectivity index (χ2v) is 8.66. The first kappa shape index (κ1) is 21.4. The highest BCUT2D eigenvalue weighted by Crippen LogP contribution is 2.33. The van der Waals surface area contributed by atoms with Crippen molar-refractivity contribution in [3.8, 4) is 28.4 Å². The van der Waals surface area contributed by atoms with Crippen molar-refractivity contribution >= 4 is 22.8 Å². The second kappa shape index (κ2) is 8.28. The number of halogens is 3. The minimum absolute atomic E-state index is 0.173. The third kappa shape index (κ3) is 3.70. The number of imidazole rings is 1. The van der Waals surface area contributed by atoms with Crippen LogP contribution in [0.5, 0.6) is 6.01 Å². The van der Waals surface area contributed by atoms with Crippen LogP contribution in [0.2, 0.25) is 5.02 Å². The van der Waals surface area contributed by atoms with Gasteiger partial charge in [-0.1, -0.05) is 35.9 Å². The summed E-state index contributed by atoms with van der Waals surface area (Å²) in [6.07, 6.45) is -1.84. The number of nitrogens with zero attached hydrogens (tertiary/aromatic N) is 2. The molecule has 0 amide bonds. The molecule has 4 atom stereocenters. The van der Waals surface area contributed by atoms with Crippen LogP contribution in [0.3, 0.4) is 0 Å². The zero-order chi connectivity index (χ0) is 23.4. The van der Waals surface area contributed by atoms with Gasteiger partial charge in [-0.25, -0.2) is 13.8 Å². The predicted molar refractivity (Wildman–Crippen MR) is 120 cm³/mol. The highest BCUT2D eigenvalue weighted by atomic mass is 35.5. The van der Waals surface area contributed by atoms with Crippen LogP contribution >= 0.6 is 11.6 Å². The number of aliphatic hydroxyl groups is 1. The normalized spacial score (nSPS) is 24.0. The van der Waals surface area contributed by atoms with Crippen molar-refractivity contribution < 1.29 is 28.1 Å². The van der Waals surface area contributed by atoms with E-state index in [1.54, 1.807) is 30.3 Å². The Labute approximate surface area is 197 Å². The molecule has 2 saturated heterocycles. The number of nitrogens with one attached hydrogen (secondary N) is 1. The molecule has 2 aromatic carbocycles. The molecule has 0 unspecified atom stereocenters. The lowest BCUT2D eigenvalue weighted by Gasteiger charge is -2.15. The molecule has 2 aliphatic heterocycles. The number of aromatic nitrogens is 3. The van der Waals surface area contributed by atoms with E-state index in [4.69, 9.17) is 25.8 Å². The quantitative estimate of drug-likeness (QED) is 0.452. The SMILES string of the molecule is O[C@@H]1CO[C@H]2[C@@H]1OC[C@H]2Oc1nc2nc(-c3ccc(-c4cc(F)ccc4F)cc3)c(Cl)cc2[nH]1. The summed E-state index contributed by atoms with van der Waals surface area (Å²) < 4.78 is 44.7. The lowest BCUT2D eigenvalue weighted by molar-refractivity contribution is 0.00706. The molecular weight excluding hydrogens is 468 g/mol. The molecular formula is C24H18ClF2N3O4. The van der Waals surface area contributed by atoms with Crippen molar-refractivity contribution in [2.45, 2.75) is 24.4 Å². The van der Waals surface area contributed by atoms with E-state index in [0.717, 1.165) is 18.2 Å². The summed E-state index contributed by atoms with van der Waals surface area (Å²) in [5.41, 5.74) is 2.88. The molecule has 34 heavy (non-hydrogen) atoms. The monoisotopic (exact) mass is 485 g/mol. The first-order chi connectivity index (χ1) is 16.5. The van der Waals surface area contributed by atoms with E-state index in [-0.39, 0.29) is 30.9 Å². The number of rotatable bonds is 4. The van der Waals surface area contributed by atoms with E-state index < -0.39 is 29.9 Å². The standard InChI is InChI=1S/C24H18ClF2N3O4/c25-15-8-17-23(30-24(28-17)34-19-10-33-21-18(31)9-32-22(19)21)29-20(15)12-3-1-11(2-4-12)14-7-13(26)5-6-16(14)27/h1-8,18-19,21-22,31H,9-10H2,(H,28,29,30)/t18-,19-,21-,22-/m1/s1. The maximum absolute atomic E-state index is 14.1. The maximum Gasteiger partial charge on any atom is 0.296 e. The van der Waals surface area contributed by atoms with E-state index in [2.05, 4.69) is 15.0 Å². The third-order valence-electron chi connectivity index (χ3n) is 6.05. The van der Waals surface area contributed by atoms with E-state index in [0.29, 0.717) is 33.0 Å². The lowest BCUT2D eigenvalue weighted by Crippen LogP contribution is -2.34. The molecule has 2 N–H and O–H groups in total. The molecule has 4 aromatic rings. The van der Waals surface area contributed by atoms with Crippen LogP contribution in [0.15, 0.2) is 48.5 Å². The molecule has 0 spiro atoms. The number of hydrogen-bond donors (Lipinski definition) is 2. The summed E-state index contributed by atoms with van der Waals surface area (Å²) in [5, 5.41) is 10.3. The Kier molecular flexibility index (Phi) is 5.22. The molecule has 174 valence electrons. The van der Waals surface area contributed by atoms with Gasteiger partial charge in [0.2, 0.25) is 0 Å². The molecule has 0 saturated carbocycles. The van der Waals surface area contributed by atoms with Crippen molar-refractivity contribution in [1.82, 2.24) is 15.0 Å². The van der Waals surface area contributed by atoms with Gasteiger partial charge in [0.15, 0.2) is 11.8 Å². The van der Waals surface area contributed by atoms with Gasteiger partial charge in [0, 0.05) is 11.1 Å². The minimum Gasteiger partial charge on any atom is -0.456 e. The number of pyridine rings is 1. The number of H-pyrrole nitrogens is 1. The van der Waals surface area contributed by atoms with Crippen molar-refractivity contribution in [2.75, 3.05) is 13.2 Å². The van der Waals surface area contributed by atoms with Gasteiger partial charge in [-0.05, 0) is 29.8 Å². The van der Waals surface area contributed by atoms with E-state index in [1.165, 1.54) is 0 Å². The van der Waals surface area contributed by atoms with Gasteiger partial charge in [0.05, 0.1) is 29.4 Å². The van der Waals surface area contributed by atoms with Crippen molar-refractivity contribution in [3.05, 3.63) is 65.2 Å². The number of hydrogen-bond acceptors (Lipinski definition) is 6. The zero-order valence-corrected chi connectivity index (χ0v) is 18.3. The second-order valence-electron chi connectivity index (χ2n) is 8.25. The van der Waals surface area contributed by atoms with Crippen LogP contribution in [-0.2, 0) is 9.47 Å². The number of aliphatic hydroxyl groups excluding tert-OH is 1. The van der Waals surface area contributed by atoms with Gasteiger partial charge in [0.25, 0.3) is 6.01 Å². The Morgan fingerprint density at radius 3 is 2.56 bits per heavy atom. The largest absolute Gasteiger partial charge is 0.456 e. The minimum atomic E-state index is -0.666. The van der Waals surface area contributed by atoms with Gasteiger partial charge < -0.3 is 24.3 Å². The molecule has 2 aliphatic rings. The number of benzene rings is 2. The van der Waals surface area contributed by atoms with E-state index in [1.807, 2.05) is 0 Å². The Morgan fingerprint density at radius 2 is 1.74 bits per heavy atom. The number of fused-ring (bicyclic) bond motifs is 2. The van der Waals surface area contributed by atoms with Crippen molar-refractivity contribution in [1.29, 1.82) is 0 Å². The van der Waals surface area contributed by atoms with Crippen molar-refractivity contribution in [3.63, 3.8) is 0 Å². The predicted octanol–water partition coefficient (Wildman–Crippen LogP) is 4.13. The highest BCUT2D eigenvalue weighted by Gasteiger charge is 2.48. The van der Waals surface area contributed by atoms with Gasteiger partial charge in [0.1, 0.15) is 29.9 Å². The molecule has 10 heteroatoms. The molecule has 6 rings (SSSR count). The molecule has 0 bridgehead atoms. The first-order valence-electron chi connectivity index (χ1n) is 10.7. The Bertz CT molecular complexity index is 1380. The Hall–Kier alpha value is -3.11. The highest BCUT2D eigenvalue weighted by molar-refractivity contribution is 6.33. The van der Waals surface area contributed by atoms with E-state index in [9.17, 15) is 13.9 Å². The Morgan fingerprint density at radius 1 is 0.971 bits per heavy atom. The third-order valence-corrected chi connectivity index (χ3v) is 6.34. The van der Waals surface area contributed by atoms with Crippen LogP contribution in [0.25, 0.3) is 33.5 Å². The van der Waals surface area contributed by atoms with Crippen LogP contribution < -0.4 is 4.74 Å². The molecule has 2 aromatic heterocycles. The average molecular weight is 486 g/mol. The molecule has 7 nitrogen and oxygen atoms in total.